The van der Waals surface area contributed by atoms with Gasteiger partial charge >= 0.3 is 0 Å². The fraction of sp³-hybridized carbons (Fsp3) is 0.263. The highest BCUT2D eigenvalue weighted by atomic mass is 19.1. The number of imidazole rings is 1. The summed E-state index contributed by atoms with van der Waals surface area (Å²) >= 11 is 0. The SMILES string of the molecule is Cc1nc2cc3c(cc2n1CC(=O)NCc1ccc(F)cc1)OCCO3. The van der Waals surface area contributed by atoms with Gasteiger partial charge in [-0.1, -0.05) is 12.1 Å². The number of benzene rings is 2. The zero-order valence-electron chi connectivity index (χ0n) is 14.3. The summed E-state index contributed by atoms with van der Waals surface area (Å²) < 4.78 is 26.0. The van der Waals surface area contributed by atoms with Gasteiger partial charge in [0.1, 0.15) is 31.4 Å². The number of nitrogens with one attached hydrogen (secondary N) is 1. The number of hydrogen-bond donors (Lipinski definition) is 1. The number of hydrogen-bond acceptors (Lipinski definition) is 4. The first-order valence-corrected chi connectivity index (χ1v) is 8.38. The summed E-state index contributed by atoms with van der Waals surface area (Å²) in [6.07, 6.45) is 0. The smallest absolute Gasteiger partial charge is 0.240 e. The molecule has 7 heteroatoms. The van der Waals surface area contributed by atoms with Gasteiger partial charge in [0.25, 0.3) is 0 Å². The van der Waals surface area contributed by atoms with Crippen molar-refractivity contribution in [3.05, 3.63) is 53.6 Å². The molecule has 1 aliphatic heterocycles. The maximum atomic E-state index is 12.9. The van der Waals surface area contributed by atoms with E-state index in [1.54, 1.807) is 12.1 Å². The highest BCUT2D eigenvalue weighted by molar-refractivity contribution is 5.83. The van der Waals surface area contributed by atoms with E-state index in [1.807, 2.05) is 23.6 Å². The van der Waals surface area contributed by atoms with E-state index in [-0.39, 0.29) is 18.3 Å². The van der Waals surface area contributed by atoms with E-state index in [9.17, 15) is 9.18 Å². The average Bonchev–Trinajstić information content (AvgIpc) is 2.94. The third-order valence-corrected chi connectivity index (χ3v) is 4.31. The number of carbonyl (C=O) groups excluding carboxylic acids is 1. The summed E-state index contributed by atoms with van der Waals surface area (Å²) in [6, 6.07) is 9.75. The van der Waals surface area contributed by atoms with Crippen molar-refractivity contribution in [2.45, 2.75) is 20.0 Å². The number of halogens is 1. The maximum Gasteiger partial charge on any atom is 0.240 e. The van der Waals surface area contributed by atoms with Crippen LogP contribution in [0.5, 0.6) is 11.5 Å². The van der Waals surface area contributed by atoms with E-state index >= 15 is 0 Å². The van der Waals surface area contributed by atoms with Crippen molar-refractivity contribution in [3.63, 3.8) is 0 Å². The van der Waals surface area contributed by atoms with Crippen LogP contribution in [-0.4, -0.2) is 28.7 Å². The average molecular weight is 355 g/mol. The Morgan fingerprint density at radius 2 is 1.88 bits per heavy atom. The maximum absolute atomic E-state index is 12.9. The van der Waals surface area contributed by atoms with Gasteiger partial charge in [0, 0.05) is 18.7 Å². The van der Waals surface area contributed by atoms with Crippen molar-refractivity contribution in [1.29, 1.82) is 0 Å². The van der Waals surface area contributed by atoms with Crippen LogP contribution in [0, 0.1) is 12.7 Å². The van der Waals surface area contributed by atoms with Gasteiger partial charge in [-0.05, 0) is 24.6 Å². The van der Waals surface area contributed by atoms with Crippen molar-refractivity contribution < 1.29 is 18.7 Å². The largest absolute Gasteiger partial charge is 0.486 e. The Hall–Kier alpha value is -3.09. The number of aromatic nitrogens is 2. The topological polar surface area (TPSA) is 65.4 Å². The van der Waals surface area contributed by atoms with Crippen LogP contribution < -0.4 is 14.8 Å². The van der Waals surface area contributed by atoms with Crippen LogP contribution in [0.2, 0.25) is 0 Å². The molecule has 0 unspecified atom stereocenters. The molecule has 0 saturated carbocycles. The van der Waals surface area contributed by atoms with Crippen molar-refractivity contribution in [2.75, 3.05) is 13.2 Å². The minimum absolute atomic E-state index is 0.142. The number of aryl methyl sites for hydroxylation is 1. The van der Waals surface area contributed by atoms with Crippen LogP contribution in [0.15, 0.2) is 36.4 Å². The van der Waals surface area contributed by atoms with E-state index < -0.39 is 0 Å². The van der Waals surface area contributed by atoms with Gasteiger partial charge in [-0.15, -0.1) is 0 Å². The standard InChI is InChI=1S/C19H18FN3O3/c1-12-22-15-8-17-18(26-7-6-25-17)9-16(15)23(12)11-19(24)21-10-13-2-4-14(20)5-3-13/h2-5,8-9H,6-7,10-11H2,1H3,(H,21,24). The lowest BCUT2D eigenvalue weighted by Crippen LogP contribution is -2.27. The van der Waals surface area contributed by atoms with Gasteiger partial charge in [-0.3, -0.25) is 4.79 Å². The summed E-state index contributed by atoms with van der Waals surface area (Å²) in [7, 11) is 0. The number of amides is 1. The molecule has 1 amide bonds. The lowest BCUT2D eigenvalue weighted by Gasteiger charge is -2.18. The van der Waals surface area contributed by atoms with E-state index in [0.717, 1.165) is 22.4 Å². The normalized spacial score (nSPS) is 13.0. The fourth-order valence-corrected chi connectivity index (χ4v) is 2.98. The second kappa shape index (κ2) is 6.67. The van der Waals surface area contributed by atoms with Crippen LogP contribution in [0.3, 0.4) is 0 Å². The number of carbonyl (C=O) groups is 1. The van der Waals surface area contributed by atoms with Crippen molar-refractivity contribution >= 4 is 16.9 Å². The molecule has 1 N–H and O–H groups in total. The van der Waals surface area contributed by atoms with Gasteiger partial charge in [0.2, 0.25) is 5.91 Å². The Labute approximate surface area is 149 Å². The molecule has 0 aliphatic carbocycles. The van der Waals surface area contributed by atoms with Crippen LogP contribution in [0.25, 0.3) is 11.0 Å². The minimum atomic E-state index is -0.296. The second-order valence-corrected chi connectivity index (χ2v) is 6.13. The number of ether oxygens (including phenoxy) is 2. The Balaban J connectivity index is 1.51. The molecular weight excluding hydrogens is 337 g/mol. The molecule has 0 atom stereocenters. The molecule has 0 spiro atoms. The Morgan fingerprint density at radius 1 is 1.19 bits per heavy atom. The molecule has 0 radical (unpaired) electrons. The molecule has 1 aliphatic rings. The van der Waals surface area contributed by atoms with Crippen LogP contribution >= 0.6 is 0 Å². The molecule has 26 heavy (non-hydrogen) atoms. The van der Waals surface area contributed by atoms with Crippen LogP contribution in [0.4, 0.5) is 4.39 Å². The number of nitrogens with zero attached hydrogens (tertiary/aromatic N) is 2. The molecular formula is C19H18FN3O3. The highest BCUT2D eigenvalue weighted by Gasteiger charge is 2.18. The first kappa shape index (κ1) is 16.4. The van der Waals surface area contributed by atoms with Crippen molar-refractivity contribution in [1.82, 2.24) is 14.9 Å². The van der Waals surface area contributed by atoms with Gasteiger partial charge in [-0.2, -0.15) is 0 Å². The second-order valence-electron chi connectivity index (χ2n) is 6.13. The number of rotatable bonds is 4. The van der Waals surface area contributed by atoms with Gasteiger partial charge in [0.15, 0.2) is 11.5 Å². The predicted molar refractivity (Wildman–Crippen MR) is 93.7 cm³/mol. The Kier molecular flexibility index (Phi) is 4.20. The molecule has 0 fully saturated rings. The molecule has 6 nitrogen and oxygen atoms in total. The lowest BCUT2D eigenvalue weighted by molar-refractivity contribution is -0.121. The van der Waals surface area contributed by atoms with E-state index in [2.05, 4.69) is 10.3 Å². The fourth-order valence-electron chi connectivity index (χ4n) is 2.98. The van der Waals surface area contributed by atoms with E-state index in [1.165, 1.54) is 12.1 Å². The van der Waals surface area contributed by atoms with Crippen LogP contribution in [-0.2, 0) is 17.9 Å². The molecule has 134 valence electrons. The highest BCUT2D eigenvalue weighted by Crippen LogP contribution is 2.34. The summed E-state index contributed by atoms with van der Waals surface area (Å²) in [5, 5.41) is 2.85. The molecule has 0 saturated heterocycles. The van der Waals surface area contributed by atoms with Crippen molar-refractivity contribution in [2.24, 2.45) is 0 Å². The third kappa shape index (κ3) is 3.20. The van der Waals surface area contributed by atoms with Gasteiger partial charge < -0.3 is 19.4 Å². The first-order valence-electron chi connectivity index (χ1n) is 8.38. The summed E-state index contributed by atoms with van der Waals surface area (Å²) in [5.41, 5.74) is 2.42. The lowest BCUT2D eigenvalue weighted by atomic mass is 10.2. The summed E-state index contributed by atoms with van der Waals surface area (Å²) in [6.45, 7) is 3.36. The Bertz CT molecular complexity index is 966. The first-order chi connectivity index (χ1) is 12.6. The molecule has 2 aromatic carbocycles. The summed E-state index contributed by atoms with van der Waals surface area (Å²) in [5.74, 6) is 1.63. The quantitative estimate of drug-likeness (QED) is 0.781. The zero-order valence-corrected chi connectivity index (χ0v) is 14.3. The third-order valence-electron chi connectivity index (χ3n) is 4.31. The van der Waals surface area contributed by atoms with Crippen molar-refractivity contribution in [3.8, 4) is 11.5 Å². The predicted octanol–water partition coefficient (Wildman–Crippen LogP) is 2.57. The Morgan fingerprint density at radius 3 is 2.62 bits per heavy atom. The van der Waals surface area contributed by atoms with E-state index in [0.29, 0.717) is 31.3 Å². The van der Waals surface area contributed by atoms with Gasteiger partial charge in [-0.25, -0.2) is 9.37 Å². The summed E-state index contributed by atoms with van der Waals surface area (Å²) in [4.78, 5) is 16.9. The number of fused-ring (bicyclic) bond motifs is 2. The van der Waals surface area contributed by atoms with E-state index in [4.69, 9.17) is 9.47 Å². The molecule has 2 heterocycles. The van der Waals surface area contributed by atoms with Crippen LogP contribution in [0.1, 0.15) is 11.4 Å². The molecule has 1 aromatic heterocycles. The minimum Gasteiger partial charge on any atom is -0.486 e. The van der Waals surface area contributed by atoms with Gasteiger partial charge in [0.05, 0.1) is 11.0 Å². The molecule has 4 rings (SSSR count). The monoisotopic (exact) mass is 355 g/mol. The molecule has 3 aromatic rings. The molecule has 0 bridgehead atoms. The zero-order chi connectivity index (χ0) is 18.1.